The monoisotopic (exact) mass is 587 g/mol. The zero-order chi connectivity index (χ0) is 31.0. The van der Waals surface area contributed by atoms with Crippen molar-refractivity contribution in [3.8, 4) is 11.3 Å². The maximum Gasteiger partial charge on any atom is 0.452 e. The number of hydrogen-bond acceptors (Lipinski definition) is 7. The summed E-state index contributed by atoms with van der Waals surface area (Å²) < 4.78 is 50.1. The second-order valence-electron chi connectivity index (χ2n) is 9.43. The number of ether oxygens (including phenoxy) is 2. The van der Waals surface area contributed by atoms with Crippen LogP contribution in [0.5, 0.6) is 0 Å². The Balaban J connectivity index is 1.96. The maximum atomic E-state index is 13.5. The molecule has 1 atom stereocenters. The van der Waals surface area contributed by atoms with E-state index >= 15 is 0 Å². The number of alkyl halides is 3. The van der Waals surface area contributed by atoms with Crippen molar-refractivity contribution in [1.29, 1.82) is 0 Å². The van der Waals surface area contributed by atoms with E-state index in [-0.39, 0.29) is 29.1 Å². The third-order valence-corrected chi connectivity index (χ3v) is 6.05. The summed E-state index contributed by atoms with van der Waals surface area (Å²) in [6, 6.07) is 15.3. The molecule has 0 aliphatic heterocycles. The van der Waals surface area contributed by atoms with Crippen LogP contribution in [0.1, 0.15) is 29.8 Å². The van der Waals surface area contributed by atoms with Crippen LogP contribution in [-0.4, -0.2) is 47.6 Å². The first kappa shape index (κ1) is 31.6. The van der Waals surface area contributed by atoms with Gasteiger partial charge in [0.05, 0.1) is 24.4 Å². The summed E-state index contributed by atoms with van der Waals surface area (Å²) in [5, 5.41) is 4.37. The quantitative estimate of drug-likeness (QED) is 0.338. The Bertz CT molecular complexity index is 1520. The Hall–Kier alpha value is -4.94. The van der Waals surface area contributed by atoms with Gasteiger partial charge in [0.1, 0.15) is 18.8 Å². The number of rotatable bonds is 10. The predicted octanol–water partition coefficient (Wildman–Crippen LogP) is 4.32. The van der Waals surface area contributed by atoms with Crippen LogP contribution in [0.4, 0.5) is 23.7 Å². The molecule has 0 bridgehead atoms. The van der Waals surface area contributed by atoms with Crippen molar-refractivity contribution in [2.75, 3.05) is 12.4 Å². The van der Waals surface area contributed by atoms with E-state index in [4.69, 9.17) is 9.47 Å². The third kappa shape index (κ3) is 8.05. The summed E-state index contributed by atoms with van der Waals surface area (Å²) in [5.74, 6) is -4.79. The molecule has 2 amide bonds. The summed E-state index contributed by atoms with van der Waals surface area (Å²) in [4.78, 5) is 62.8. The maximum absolute atomic E-state index is 13.5. The molecule has 0 aliphatic carbocycles. The van der Waals surface area contributed by atoms with Gasteiger partial charge in [-0.15, -0.1) is 0 Å². The van der Waals surface area contributed by atoms with Gasteiger partial charge in [-0.3, -0.25) is 24.3 Å². The molecule has 3 rings (SSSR count). The minimum Gasteiger partial charge on any atom is -0.465 e. The van der Waals surface area contributed by atoms with Gasteiger partial charge in [-0.05, 0) is 41.3 Å². The van der Waals surface area contributed by atoms with Gasteiger partial charge in [0.2, 0.25) is 5.91 Å². The first-order chi connectivity index (χ1) is 19.8. The number of anilines is 1. The molecule has 0 aliphatic rings. The lowest BCUT2D eigenvalue weighted by molar-refractivity contribution is -0.174. The summed E-state index contributed by atoms with van der Waals surface area (Å²) in [5.41, 5.74) is 0.00290. The fraction of sp³-hybridized carbons (Fsp3) is 0.276. The first-order valence-electron chi connectivity index (χ1n) is 12.6. The minimum absolute atomic E-state index is 0.0901. The highest BCUT2D eigenvalue weighted by Crippen LogP contribution is 2.23. The average Bonchev–Trinajstić information content (AvgIpc) is 2.96. The van der Waals surface area contributed by atoms with Crippen LogP contribution in [0.25, 0.3) is 11.3 Å². The number of Topliss-reactive ketones (excluding diaryl/α,β-unsaturated/α-hetero) is 1. The Morgan fingerprint density at radius 2 is 1.64 bits per heavy atom. The van der Waals surface area contributed by atoms with Crippen molar-refractivity contribution in [3.05, 3.63) is 88.2 Å². The number of hydrogen-bond donors (Lipinski definition) is 2. The molecule has 10 nitrogen and oxygen atoms in total. The molecule has 0 spiro atoms. The lowest BCUT2D eigenvalue weighted by atomic mass is 9.99. The summed E-state index contributed by atoms with van der Waals surface area (Å²) in [6.45, 7) is 1.75. The van der Waals surface area contributed by atoms with Crippen molar-refractivity contribution >= 4 is 29.4 Å². The van der Waals surface area contributed by atoms with Crippen molar-refractivity contribution in [1.82, 2.24) is 9.88 Å². The van der Waals surface area contributed by atoms with E-state index in [1.807, 2.05) is 0 Å². The number of nitrogens with zero attached hydrogens (tertiary/aromatic N) is 1. The van der Waals surface area contributed by atoms with Crippen molar-refractivity contribution in [3.63, 3.8) is 0 Å². The highest BCUT2D eigenvalue weighted by Gasteiger charge is 2.45. The number of carbonyl (C=O) groups excluding carboxylic acids is 4. The van der Waals surface area contributed by atoms with Gasteiger partial charge in [0.25, 0.3) is 11.3 Å². The number of aromatic nitrogens is 1. The van der Waals surface area contributed by atoms with E-state index in [9.17, 15) is 37.1 Å². The first-order valence-corrected chi connectivity index (χ1v) is 12.6. The van der Waals surface area contributed by atoms with E-state index in [1.54, 1.807) is 30.3 Å². The zero-order valence-electron chi connectivity index (χ0n) is 22.9. The van der Waals surface area contributed by atoms with Crippen LogP contribution in [0.2, 0.25) is 0 Å². The molecular weight excluding hydrogens is 559 g/mol. The fourth-order valence-electron chi connectivity index (χ4n) is 3.95. The smallest absolute Gasteiger partial charge is 0.452 e. The molecule has 1 heterocycles. The Kier molecular flexibility index (Phi) is 10.2. The van der Waals surface area contributed by atoms with Gasteiger partial charge in [0.15, 0.2) is 0 Å². The lowest BCUT2D eigenvalue weighted by Crippen LogP contribution is -2.50. The number of amides is 2. The second kappa shape index (κ2) is 13.6. The highest BCUT2D eigenvalue weighted by atomic mass is 19.4. The number of nitrogens with one attached hydrogen (secondary N) is 2. The molecule has 1 aromatic heterocycles. The molecule has 0 saturated carbocycles. The van der Waals surface area contributed by atoms with E-state index in [1.165, 1.54) is 57.4 Å². The molecule has 2 N–H and O–H groups in total. The van der Waals surface area contributed by atoms with Crippen LogP contribution in [0, 0.1) is 5.92 Å². The van der Waals surface area contributed by atoms with Crippen molar-refractivity contribution in [2.45, 2.75) is 39.2 Å². The molecule has 0 radical (unpaired) electrons. The van der Waals surface area contributed by atoms with E-state index in [0.717, 1.165) is 4.57 Å². The van der Waals surface area contributed by atoms with Crippen LogP contribution >= 0.6 is 0 Å². The van der Waals surface area contributed by atoms with Gasteiger partial charge >= 0.3 is 18.2 Å². The Labute approximate surface area is 238 Å². The number of benzene rings is 2. The van der Waals surface area contributed by atoms with Crippen LogP contribution in [0.3, 0.4) is 0 Å². The van der Waals surface area contributed by atoms with E-state index in [0.29, 0.717) is 5.56 Å². The van der Waals surface area contributed by atoms with E-state index < -0.39 is 54.0 Å². The molecule has 13 heteroatoms. The number of halogens is 3. The average molecular weight is 588 g/mol. The highest BCUT2D eigenvalue weighted by molar-refractivity contribution is 5.93. The molecule has 0 fully saturated rings. The van der Waals surface area contributed by atoms with Crippen molar-refractivity contribution in [2.24, 2.45) is 5.92 Å². The largest absolute Gasteiger partial charge is 0.465 e. The zero-order valence-corrected chi connectivity index (χ0v) is 22.9. The van der Waals surface area contributed by atoms with Crippen LogP contribution in [-0.2, 0) is 32.2 Å². The topological polar surface area (TPSA) is 133 Å². The van der Waals surface area contributed by atoms with Gasteiger partial charge in [-0.25, -0.2) is 9.59 Å². The van der Waals surface area contributed by atoms with Gasteiger partial charge in [-0.2, -0.15) is 13.2 Å². The number of ketones is 1. The fourth-order valence-corrected chi connectivity index (χ4v) is 3.95. The molecule has 0 saturated heterocycles. The molecule has 222 valence electrons. The van der Waals surface area contributed by atoms with Crippen LogP contribution < -0.4 is 16.2 Å². The second-order valence-corrected chi connectivity index (χ2v) is 9.43. The summed E-state index contributed by atoms with van der Waals surface area (Å²) in [6.07, 6.45) is -6.16. The number of methoxy groups -OCH3 is 1. The Morgan fingerprint density at radius 1 is 0.952 bits per heavy atom. The predicted molar refractivity (Wildman–Crippen MR) is 146 cm³/mol. The van der Waals surface area contributed by atoms with Gasteiger partial charge in [-0.1, -0.05) is 56.3 Å². The molecule has 2 aromatic carbocycles. The molecule has 3 aromatic rings. The SMILES string of the molecule is COC(=O)c1cccc(-c2ccc(NC(=O)OCc3ccccc3)c(=O)n2CC(=O)NC(C(=O)C(F)(F)F)C(C)C)c1. The van der Waals surface area contributed by atoms with Gasteiger partial charge in [0, 0.05) is 0 Å². The summed E-state index contributed by atoms with van der Waals surface area (Å²) >= 11 is 0. The summed E-state index contributed by atoms with van der Waals surface area (Å²) in [7, 11) is 1.18. The van der Waals surface area contributed by atoms with E-state index in [2.05, 4.69) is 10.6 Å². The number of carbonyl (C=O) groups is 4. The number of pyridine rings is 1. The standard InChI is InChI=1S/C29H28F3N3O7/c1-17(2)24(25(37)29(30,31)32)34-23(36)15-35-22(19-10-7-11-20(14-19)27(39)41-3)13-12-21(26(35)38)33-28(40)42-16-18-8-5-4-6-9-18/h4-14,17,24H,15-16H2,1-3H3,(H,33,40)(H,34,36). The van der Waals surface area contributed by atoms with Gasteiger partial charge < -0.3 is 14.8 Å². The number of esters is 1. The third-order valence-electron chi connectivity index (χ3n) is 6.05. The van der Waals surface area contributed by atoms with Crippen molar-refractivity contribution < 1.29 is 41.8 Å². The lowest BCUT2D eigenvalue weighted by Gasteiger charge is -2.23. The Morgan fingerprint density at radius 3 is 2.26 bits per heavy atom. The minimum atomic E-state index is -5.19. The molecular formula is C29H28F3N3O7. The van der Waals surface area contributed by atoms with Crippen LogP contribution in [0.15, 0.2) is 71.5 Å². The molecule has 42 heavy (non-hydrogen) atoms. The molecule has 1 unspecified atom stereocenters. The normalized spacial score (nSPS) is 11.9.